The number of hydrogen-bond acceptors (Lipinski definition) is 6. The van der Waals surface area contributed by atoms with Crippen LogP contribution in [0.2, 0.25) is 0 Å². The number of amides is 1. The van der Waals surface area contributed by atoms with Gasteiger partial charge in [-0.3, -0.25) is 4.79 Å². The van der Waals surface area contributed by atoms with Crippen molar-refractivity contribution in [1.82, 2.24) is 4.90 Å². The molecule has 1 N–H and O–H groups in total. The minimum Gasteiger partial charge on any atom is -0.462 e. The number of ether oxygens (including phenoxy) is 2. The first kappa shape index (κ1) is 39.6. The SMILES string of the molecule is C=C(C)C(=O)OCCCCCCCCCCCCCC.C=CC(=O)OC1(O)CCCCC1.C=CN1CCCCCC1=O. The second-order valence-electron chi connectivity index (χ2n) is 11.5. The summed E-state index contributed by atoms with van der Waals surface area (Å²) >= 11 is 0. The van der Waals surface area contributed by atoms with Gasteiger partial charge in [-0.2, -0.15) is 0 Å². The van der Waals surface area contributed by atoms with E-state index >= 15 is 0 Å². The minimum atomic E-state index is -1.22. The van der Waals surface area contributed by atoms with Gasteiger partial charge in [0.25, 0.3) is 0 Å². The normalized spacial score (nSPS) is 16.0. The van der Waals surface area contributed by atoms with E-state index in [0.29, 0.717) is 31.4 Å². The number of hydrogen-bond donors (Lipinski definition) is 1. The zero-order valence-corrected chi connectivity index (χ0v) is 27.0. The highest BCUT2D eigenvalue weighted by Gasteiger charge is 2.32. The van der Waals surface area contributed by atoms with Crippen LogP contribution in [0.3, 0.4) is 0 Å². The fourth-order valence-electron chi connectivity index (χ4n) is 4.86. The molecule has 0 aromatic heterocycles. The third-order valence-electron chi connectivity index (χ3n) is 7.50. The molecule has 2 aliphatic rings. The maximum atomic E-state index is 11.1. The molecule has 1 aliphatic carbocycles. The summed E-state index contributed by atoms with van der Waals surface area (Å²) in [7, 11) is 0. The molecule has 1 amide bonds. The van der Waals surface area contributed by atoms with Crippen LogP contribution >= 0.6 is 0 Å². The minimum absolute atomic E-state index is 0.229. The van der Waals surface area contributed by atoms with Crippen LogP contribution in [0, 0.1) is 0 Å². The Kier molecular flexibility index (Phi) is 24.7. The van der Waals surface area contributed by atoms with E-state index in [-0.39, 0.29) is 11.9 Å². The van der Waals surface area contributed by atoms with Gasteiger partial charge in [-0.1, -0.05) is 110 Å². The summed E-state index contributed by atoms with van der Waals surface area (Å²) in [5, 5.41) is 9.68. The second-order valence-corrected chi connectivity index (χ2v) is 11.5. The Labute approximate surface area is 256 Å². The lowest BCUT2D eigenvalue weighted by atomic mass is 9.94. The molecule has 1 heterocycles. The topological polar surface area (TPSA) is 93.1 Å². The third kappa shape index (κ3) is 22.2. The molecule has 0 aromatic rings. The van der Waals surface area contributed by atoms with Crippen molar-refractivity contribution in [1.29, 1.82) is 0 Å². The maximum absolute atomic E-state index is 11.1. The highest BCUT2D eigenvalue weighted by molar-refractivity contribution is 5.86. The zero-order valence-electron chi connectivity index (χ0n) is 27.0. The van der Waals surface area contributed by atoms with Gasteiger partial charge in [0.05, 0.1) is 6.61 Å². The van der Waals surface area contributed by atoms with Gasteiger partial charge < -0.3 is 19.5 Å². The molecule has 7 heteroatoms. The lowest BCUT2D eigenvalue weighted by Gasteiger charge is -2.30. The number of carbonyl (C=O) groups excluding carboxylic acids is 3. The predicted molar refractivity (Wildman–Crippen MR) is 172 cm³/mol. The van der Waals surface area contributed by atoms with E-state index < -0.39 is 11.8 Å². The Morgan fingerprint density at radius 3 is 1.88 bits per heavy atom. The van der Waals surface area contributed by atoms with Crippen LogP contribution in [0.25, 0.3) is 0 Å². The van der Waals surface area contributed by atoms with Crippen LogP contribution < -0.4 is 0 Å². The summed E-state index contributed by atoms with van der Waals surface area (Å²) in [6, 6.07) is 0. The molecule has 0 aromatic carbocycles. The van der Waals surface area contributed by atoms with Crippen molar-refractivity contribution in [2.24, 2.45) is 0 Å². The van der Waals surface area contributed by atoms with Crippen LogP contribution in [0.4, 0.5) is 0 Å². The highest BCUT2D eigenvalue weighted by Crippen LogP contribution is 2.29. The summed E-state index contributed by atoms with van der Waals surface area (Å²) in [5.74, 6) is -1.79. The van der Waals surface area contributed by atoms with Crippen LogP contribution in [-0.4, -0.2) is 46.8 Å². The number of esters is 2. The van der Waals surface area contributed by atoms with Crippen molar-refractivity contribution in [3.63, 3.8) is 0 Å². The zero-order chi connectivity index (χ0) is 31.5. The van der Waals surface area contributed by atoms with Gasteiger partial charge in [0.15, 0.2) is 0 Å². The van der Waals surface area contributed by atoms with Crippen molar-refractivity contribution >= 4 is 17.8 Å². The largest absolute Gasteiger partial charge is 0.462 e. The number of likely N-dealkylation sites (tertiary alicyclic amines) is 1. The molecule has 2 fully saturated rings. The Bertz CT molecular complexity index is 771. The summed E-state index contributed by atoms with van der Waals surface area (Å²) in [5.41, 5.74) is 0.490. The first-order chi connectivity index (χ1) is 20.2. The molecule has 0 atom stereocenters. The molecule has 1 aliphatic heterocycles. The summed E-state index contributed by atoms with van der Waals surface area (Å²) in [4.78, 5) is 34.7. The van der Waals surface area contributed by atoms with Crippen LogP contribution in [-0.2, 0) is 23.9 Å². The highest BCUT2D eigenvalue weighted by atomic mass is 16.7. The number of aliphatic hydroxyl groups is 1. The van der Waals surface area contributed by atoms with E-state index in [1.165, 1.54) is 77.0 Å². The fraction of sp³-hybridized carbons (Fsp3) is 0.743. The Morgan fingerprint density at radius 2 is 1.38 bits per heavy atom. The average molecular weight is 592 g/mol. The van der Waals surface area contributed by atoms with Gasteiger partial charge in [-0.05, 0) is 45.2 Å². The van der Waals surface area contributed by atoms with Gasteiger partial charge in [-0.15, -0.1) is 0 Å². The molecular formula is C35H61NO6. The molecule has 0 unspecified atom stereocenters. The molecule has 1 saturated carbocycles. The van der Waals surface area contributed by atoms with E-state index in [1.54, 1.807) is 18.0 Å². The monoisotopic (exact) mass is 591 g/mol. The Balaban J connectivity index is 0.000000646. The lowest BCUT2D eigenvalue weighted by Crippen LogP contribution is -2.36. The lowest BCUT2D eigenvalue weighted by molar-refractivity contribution is -0.215. The van der Waals surface area contributed by atoms with Gasteiger partial charge in [-0.25, -0.2) is 9.59 Å². The van der Waals surface area contributed by atoms with Crippen molar-refractivity contribution in [3.8, 4) is 0 Å². The van der Waals surface area contributed by atoms with Crippen molar-refractivity contribution < 1.29 is 29.0 Å². The molecule has 42 heavy (non-hydrogen) atoms. The van der Waals surface area contributed by atoms with E-state index in [9.17, 15) is 19.5 Å². The summed E-state index contributed by atoms with van der Waals surface area (Å²) in [6.45, 7) is 15.8. The molecule has 0 radical (unpaired) electrons. The third-order valence-corrected chi connectivity index (χ3v) is 7.50. The Hall–Kier alpha value is -2.41. The molecule has 7 nitrogen and oxygen atoms in total. The number of carbonyl (C=O) groups is 3. The Morgan fingerprint density at radius 1 is 0.857 bits per heavy atom. The summed E-state index contributed by atoms with van der Waals surface area (Å²) < 4.78 is 9.88. The molecule has 242 valence electrons. The standard InChI is InChI=1S/C18H34O2.C9H14O3.C8H13NO/c1-4-5-6-7-8-9-10-11-12-13-14-15-16-20-18(19)17(2)3;1-2-8(10)12-9(11)6-4-3-5-7-9;1-2-9-7-5-3-4-6-8(9)10/h2,4-16H2,1,3H3;2,11H,1,3-7H2;2H,1,3-7H2. The van der Waals surface area contributed by atoms with E-state index in [2.05, 4.69) is 26.7 Å². The molecule has 0 bridgehead atoms. The number of rotatable bonds is 17. The maximum Gasteiger partial charge on any atom is 0.333 e. The molecule has 0 spiro atoms. The van der Waals surface area contributed by atoms with Crippen LogP contribution in [0.1, 0.15) is 149 Å². The van der Waals surface area contributed by atoms with Gasteiger partial charge in [0.2, 0.25) is 11.7 Å². The second kappa shape index (κ2) is 26.2. The molecular weight excluding hydrogens is 530 g/mol. The van der Waals surface area contributed by atoms with Crippen LogP contribution in [0.15, 0.2) is 37.6 Å². The number of nitrogens with zero attached hydrogens (tertiary/aromatic N) is 1. The summed E-state index contributed by atoms with van der Waals surface area (Å²) in [6.07, 6.45) is 26.7. The fourth-order valence-corrected chi connectivity index (χ4v) is 4.86. The number of unbranched alkanes of at least 4 members (excludes halogenated alkanes) is 11. The van der Waals surface area contributed by atoms with Gasteiger partial charge in [0.1, 0.15) is 0 Å². The van der Waals surface area contributed by atoms with Gasteiger partial charge >= 0.3 is 11.9 Å². The van der Waals surface area contributed by atoms with Crippen molar-refractivity contribution in [2.75, 3.05) is 13.2 Å². The van der Waals surface area contributed by atoms with Crippen LogP contribution in [0.5, 0.6) is 0 Å². The first-order valence-corrected chi connectivity index (χ1v) is 16.5. The predicted octanol–water partition coefficient (Wildman–Crippen LogP) is 8.71. The molecule has 1 saturated heterocycles. The first-order valence-electron chi connectivity index (χ1n) is 16.5. The smallest absolute Gasteiger partial charge is 0.333 e. The van der Waals surface area contributed by atoms with E-state index in [1.807, 2.05) is 0 Å². The van der Waals surface area contributed by atoms with Crippen molar-refractivity contribution in [2.45, 2.75) is 154 Å². The van der Waals surface area contributed by atoms with E-state index in [4.69, 9.17) is 9.47 Å². The molecule has 2 rings (SSSR count). The van der Waals surface area contributed by atoms with Gasteiger partial charge in [0, 0.05) is 37.5 Å². The average Bonchev–Trinajstić information content (AvgIpc) is 3.19. The quantitative estimate of drug-likeness (QED) is 0.0787. The van der Waals surface area contributed by atoms with Crippen molar-refractivity contribution in [3.05, 3.63) is 37.6 Å². The van der Waals surface area contributed by atoms with E-state index in [0.717, 1.165) is 51.1 Å².